The lowest BCUT2D eigenvalue weighted by atomic mass is 9.98. The molecule has 0 aromatic heterocycles. The summed E-state index contributed by atoms with van der Waals surface area (Å²) in [6.45, 7) is 3.58. The van der Waals surface area contributed by atoms with Crippen LogP contribution >= 0.6 is 23.2 Å². The molecule has 0 spiro atoms. The van der Waals surface area contributed by atoms with Crippen molar-refractivity contribution in [1.82, 2.24) is 10.4 Å². The first-order chi connectivity index (χ1) is 15.9. The van der Waals surface area contributed by atoms with Gasteiger partial charge in [-0.1, -0.05) is 29.3 Å². The van der Waals surface area contributed by atoms with Crippen molar-refractivity contribution in [2.45, 2.75) is 26.1 Å². The van der Waals surface area contributed by atoms with E-state index in [2.05, 4.69) is 5.32 Å². The molecular weight excluding hydrogens is 496 g/mol. The summed E-state index contributed by atoms with van der Waals surface area (Å²) in [4.78, 5) is 42.5. The quantitative estimate of drug-likeness (QED) is 0.433. The Morgan fingerprint density at radius 1 is 1.15 bits per heavy atom. The summed E-state index contributed by atoms with van der Waals surface area (Å²) in [5.74, 6) is -1.88. The molecule has 1 unspecified atom stereocenters. The Bertz CT molecular complexity index is 1160. The Kier molecular flexibility index (Phi) is 7.70. The molecule has 2 aromatic carbocycles. The van der Waals surface area contributed by atoms with Gasteiger partial charge < -0.3 is 5.32 Å². The predicted octanol–water partition coefficient (Wildman–Crippen LogP) is 5.02. The third-order valence-electron chi connectivity index (χ3n) is 5.04. The van der Waals surface area contributed by atoms with Crippen molar-refractivity contribution in [3.63, 3.8) is 0 Å². The smallest absolute Gasteiger partial charge is 0.338 e. The lowest BCUT2D eigenvalue weighted by Gasteiger charge is -2.14. The Morgan fingerprint density at radius 2 is 1.79 bits per heavy atom. The number of ketones is 1. The van der Waals surface area contributed by atoms with Crippen LogP contribution in [0.5, 0.6) is 0 Å². The van der Waals surface area contributed by atoms with E-state index in [0.717, 1.165) is 17.2 Å². The van der Waals surface area contributed by atoms with Crippen LogP contribution < -0.4 is 5.32 Å². The molecule has 1 saturated heterocycles. The zero-order valence-electron chi connectivity index (χ0n) is 18.0. The Morgan fingerprint density at radius 3 is 2.32 bits per heavy atom. The van der Waals surface area contributed by atoms with Crippen LogP contribution in [0.3, 0.4) is 0 Å². The second-order valence-electron chi connectivity index (χ2n) is 7.46. The molecule has 34 heavy (non-hydrogen) atoms. The number of hydrogen-bond acceptors (Lipinski definition) is 4. The van der Waals surface area contributed by atoms with Gasteiger partial charge in [0.2, 0.25) is 0 Å². The number of nitrogens with one attached hydrogen (secondary N) is 1. The van der Waals surface area contributed by atoms with Crippen LogP contribution in [0.1, 0.15) is 38.8 Å². The molecule has 2 aromatic rings. The fourth-order valence-corrected chi connectivity index (χ4v) is 3.91. The topological polar surface area (TPSA) is 75.7 Å². The van der Waals surface area contributed by atoms with Gasteiger partial charge in [0.1, 0.15) is 12.6 Å². The monoisotopic (exact) mass is 514 g/mol. The average Bonchev–Trinajstić information content (AvgIpc) is 3.09. The second kappa shape index (κ2) is 10.2. The molecule has 180 valence electrons. The minimum atomic E-state index is -4.85. The number of hydroxylamine groups is 2. The summed E-state index contributed by atoms with van der Waals surface area (Å²) in [6, 6.07) is 6.41. The third kappa shape index (κ3) is 5.78. The van der Waals surface area contributed by atoms with Crippen LogP contribution in [0.4, 0.5) is 13.2 Å². The van der Waals surface area contributed by atoms with Crippen LogP contribution in [-0.2, 0) is 9.63 Å². The first-order valence-corrected chi connectivity index (χ1v) is 10.8. The van der Waals surface area contributed by atoms with E-state index in [1.165, 1.54) is 31.2 Å². The molecule has 1 N–H and O–H groups in total. The number of likely N-dealkylation sites (N-methyl/N-ethyl adjacent to an activating group) is 1. The van der Waals surface area contributed by atoms with E-state index in [9.17, 15) is 27.6 Å². The van der Waals surface area contributed by atoms with Gasteiger partial charge in [-0.05, 0) is 61.4 Å². The van der Waals surface area contributed by atoms with E-state index in [1.807, 2.05) is 0 Å². The first-order valence-electron chi connectivity index (χ1n) is 10.1. The fourth-order valence-electron chi connectivity index (χ4n) is 3.38. The van der Waals surface area contributed by atoms with Crippen molar-refractivity contribution in [1.29, 1.82) is 0 Å². The largest absolute Gasteiger partial charge is 0.417 e. The van der Waals surface area contributed by atoms with Gasteiger partial charge in [-0.25, -0.2) is 5.06 Å². The van der Waals surface area contributed by atoms with Gasteiger partial charge in [-0.2, -0.15) is 13.2 Å². The lowest BCUT2D eigenvalue weighted by Crippen LogP contribution is -2.42. The zero-order chi connectivity index (χ0) is 25.2. The highest BCUT2D eigenvalue weighted by atomic mass is 35.5. The van der Waals surface area contributed by atoms with Crippen LogP contribution in [0, 0.1) is 6.92 Å². The molecule has 3 rings (SSSR count). The summed E-state index contributed by atoms with van der Waals surface area (Å²) < 4.78 is 41.0. The molecule has 1 heterocycles. The highest BCUT2D eigenvalue weighted by Crippen LogP contribution is 2.36. The molecule has 1 aliphatic heterocycles. The maximum Gasteiger partial charge on any atom is 0.417 e. The molecule has 2 amide bonds. The average molecular weight is 515 g/mol. The van der Waals surface area contributed by atoms with E-state index in [4.69, 9.17) is 28.0 Å². The van der Waals surface area contributed by atoms with Crippen molar-refractivity contribution in [3.8, 4) is 0 Å². The van der Waals surface area contributed by atoms with Gasteiger partial charge in [0, 0.05) is 27.7 Å². The van der Waals surface area contributed by atoms with E-state index in [0.29, 0.717) is 18.2 Å². The molecule has 0 aliphatic carbocycles. The molecular formula is C23H19Cl2F3N2O4. The summed E-state index contributed by atoms with van der Waals surface area (Å²) >= 11 is 11.6. The highest BCUT2D eigenvalue weighted by Gasteiger charge is 2.36. The molecule has 0 saturated carbocycles. The number of nitrogens with zero attached hydrogens (tertiary/aromatic N) is 1. The lowest BCUT2D eigenvalue weighted by molar-refractivity contribution is -0.160. The first kappa shape index (κ1) is 25.7. The SMILES string of the molecule is CCN1OCC(NC(=O)c2ccc(C(=O)C=C(c3cc(Cl)cc(Cl)c3)C(F)(F)F)cc2C)C1=O. The van der Waals surface area contributed by atoms with Gasteiger partial charge in [0.15, 0.2) is 5.78 Å². The van der Waals surface area contributed by atoms with Crippen LogP contribution in [0.15, 0.2) is 42.5 Å². The van der Waals surface area contributed by atoms with Gasteiger partial charge in [0.05, 0.1) is 5.57 Å². The standard InChI is InChI=1S/C23H19Cl2F3N2O4/c1-3-30-22(33)19(11-34-30)29-21(32)17-5-4-13(6-12(17)2)20(31)10-18(23(26,27)28)14-7-15(24)9-16(25)8-14/h4-10,19H,3,11H2,1-2H3,(H,29,32). The Balaban J connectivity index is 1.85. The number of benzene rings is 2. The highest BCUT2D eigenvalue weighted by molar-refractivity contribution is 6.35. The van der Waals surface area contributed by atoms with Crippen molar-refractivity contribution in [2.24, 2.45) is 0 Å². The van der Waals surface area contributed by atoms with Crippen molar-refractivity contribution in [2.75, 3.05) is 13.2 Å². The van der Waals surface area contributed by atoms with Crippen LogP contribution in [-0.4, -0.2) is 48.0 Å². The van der Waals surface area contributed by atoms with Crippen LogP contribution in [0.2, 0.25) is 10.0 Å². The number of carbonyl (C=O) groups excluding carboxylic acids is 3. The minimum Gasteiger partial charge on any atom is -0.338 e. The van der Waals surface area contributed by atoms with Crippen LogP contribution in [0.25, 0.3) is 5.57 Å². The molecule has 0 radical (unpaired) electrons. The van der Waals surface area contributed by atoms with Crippen molar-refractivity contribution < 1.29 is 32.4 Å². The molecule has 1 atom stereocenters. The fraction of sp³-hybridized carbons (Fsp3) is 0.261. The third-order valence-corrected chi connectivity index (χ3v) is 5.48. The van der Waals surface area contributed by atoms with Gasteiger partial charge >= 0.3 is 6.18 Å². The summed E-state index contributed by atoms with van der Waals surface area (Å²) in [6.07, 6.45) is -4.38. The number of amides is 2. The van der Waals surface area contributed by atoms with Gasteiger partial charge in [-0.15, -0.1) is 0 Å². The maximum absolute atomic E-state index is 13.7. The summed E-state index contributed by atoms with van der Waals surface area (Å²) in [7, 11) is 0. The number of hydrogen-bond donors (Lipinski definition) is 1. The number of halogens is 5. The van der Waals surface area contributed by atoms with E-state index in [1.54, 1.807) is 6.92 Å². The van der Waals surface area contributed by atoms with E-state index >= 15 is 0 Å². The maximum atomic E-state index is 13.7. The number of carbonyl (C=O) groups is 3. The van der Waals surface area contributed by atoms with Crippen molar-refractivity contribution >= 4 is 46.4 Å². The molecule has 0 bridgehead atoms. The molecule has 1 aliphatic rings. The second-order valence-corrected chi connectivity index (χ2v) is 8.34. The Hall–Kier alpha value is -2.88. The Labute approximate surface area is 203 Å². The molecule has 11 heteroatoms. The van der Waals surface area contributed by atoms with Gasteiger partial charge in [0.25, 0.3) is 11.8 Å². The summed E-state index contributed by atoms with van der Waals surface area (Å²) in [5.41, 5.74) is -1.10. The number of aryl methyl sites for hydroxylation is 1. The minimum absolute atomic E-state index is 0.00738. The number of allylic oxidation sites excluding steroid dienone is 2. The van der Waals surface area contributed by atoms with E-state index < -0.39 is 29.5 Å². The number of alkyl halides is 3. The zero-order valence-corrected chi connectivity index (χ0v) is 19.5. The predicted molar refractivity (Wildman–Crippen MR) is 121 cm³/mol. The van der Waals surface area contributed by atoms with E-state index in [-0.39, 0.29) is 39.2 Å². The van der Waals surface area contributed by atoms with Crippen molar-refractivity contribution in [3.05, 3.63) is 74.8 Å². The normalized spacial score (nSPS) is 16.7. The molecule has 1 fully saturated rings. The number of rotatable bonds is 6. The van der Waals surface area contributed by atoms with Gasteiger partial charge in [-0.3, -0.25) is 19.2 Å². The molecule has 6 nitrogen and oxygen atoms in total. The summed E-state index contributed by atoms with van der Waals surface area (Å²) in [5, 5.41) is 3.67.